The number of aromatic nitrogens is 1. The molecule has 2 N–H and O–H groups in total. The number of anilines is 1. The molecule has 1 heterocycles. The van der Waals surface area contributed by atoms with Crippen molar-refractivity contribution in [2.75, 3.05) is 5.32 Å². The molecule has 148 valence electrons. The highest BCUT2D eigenvalue weighted by Crippen LogP contribution is 2.31. The number of thiocarbonyl (C=S) groups is 1. The summed E-state index contributed by atoms with van der Waals surface area (Å²) in [4.78, 5) is -0.0117. The second-order valence-corrected chi connectivity index (χ2v) is 6.43. The molecule has 0 unspecified atom stereocenters. The van der Waals surface area contributed by atoms with E-state index in [4.69, 9.17) is 12.2 Å². The maximum Gasteiger partial charge on any atom is 0.416 e. The molecule has 8 heteroatoms. The Morgan fingerprint density at radius 3 is 2.21 bits per heavy atom. The lowest BCUT2D eigenvalue weighted by molar-refractivity contribution is -0.575. The van der Waals surface area contributed by atoms with E-state index in [2.05, 4.69) is 5.32 Å². The van der Waals surface area contributed by atoms with E-state index in [0.29, 0.717) is 5.56 Å². The first-order valence-corrected chi connectivity index (χ1v) is 8.81. The first-order valence-electron chi connectivity index (χ1n) is 8.40. The Kier molecular flexibility index (Phi) is 5.93. The van der Waals surface area contributed by atoms with Gasteiger partial charge in [0.05, 0.1) is 5.56 Å². The Balaban J connectivity index is 2.02. The van der Waals surface area contributed by atoms with Crippen molar-refractivity contribution in [2.24, 2.45) is 0 Å². The standard InChI is InChI=1S/C21H14F4N2OS/c22-16-9-7-14(8-10-16)19(28)18(27-11-2-1-3-12-27)20(29)26-17-6-4-5-15(13-17)21(23,24)25/h1-13H,(H-,26,28,29)/p+1. The molecule has 3 rings (SSSR count). The van der Waals surface area contributed by atoms with Crippen LogP contribution in [-0.4, -0.2) is 10.1 Å². The number of benzene rings is 2. The SMILES string of the molecule is O/C(=C(\C(=S)Nc1cccc(C(F)(F)F)c1)[n+]1ccccc1)c1ccc(F)cc1. The van der Waals surface area contributed by atoms with Gasteiger partial charge in [-0.15, -0.1) is 0 Å². The van der Waals surface area contributed by atoms with Crippen molar-refractivity contribution in [2.45, 2.75) is 6.18 Å². The van der Waals surface area contributed by atoms with E-state index < -0.39 is 17.6 Å². The second kappa shape index (κ2) is 8.40. The molecular weight excluding hydrogens is 404 g/mol. The number of rotatable bonds is 4. The van der Waals surface area contributed by atoms with Crippen molar-refractivity contribution >= 4 is 34.3 Å². The van der Waals surface area contributed by atoms with Gasteiger partial charge in [0.2, 0.25) is 0 Å². The van der Waals surface area contributed by atoms with E-state index >= 15 is 0 Å². The van der Waals surface area contributed by atoms with Crippen molar-refractivity contribution in [1.29, 1.82) is 0 Å². The van der Waals surface area contributed by atoms with Crippen LogP contribution in [-0.2, 0) is 6.18 Å². The summed E-state index contributed by atoms with van der Waals surface area (Å²) in [6.45, 7) is 0. The molecule has 0 aliphatic heterocycles. The normalized spacial score (nSPS) is 12.3. The predicted octanol–water partition coefficient (Wildman–Crippen LogP) is 5.46. The van der Waals surface area contributed by atoms with Crippen molar-refractivity contribution in [3.63, 3.8) is 0 Å². The summed E-state index contributed by atoms with van der Waals surface area (Å²) in [5.41, 5.74) is -0.285. The molecule has 0 aliphatic carbocycles. The van der Waals surface area contributed by atoms with Gasteiger partial charge in [-0.3, -0.25) is 0 Å². The van der Waals surface area contributed by atoms with Crippen LogP contribution in [0.1, 0.15) is 11.1 Å². The molecule has 2 aromatic carbocycles. The van der Waals surface area contributed by atoms with E-state index in [1.165, 1.54) is 41.0 Å². The van der Waals surface area contributed by atoms with E-state index in [9.17, 15) is 22.7 Å². The first-order chi connectivity index (χ1) is 13.8. The molecule has 3 aromatic rings. The van der Waals surface area contributed by atoms with Gasteiger partial charge in [-0.05, 0) is 42.5 Å². The van der Waals surface area contributed by atoms with Gasteiger partial charge in [-0.25, -0.2) is 4.39 Å². The third kappa shape index (κ3) is 4.97. The van der Waals surface area contributed by atoms with Gasteiger partial charge in [0.1, 0.15) is 5.82 Å². The molecule has 3 nitrogen and oxygen atoms in total. The molecule has 0 amide bonds. The van der Waals surface area contributed by atoms with Crippen LogP contribution in [0.3, 0.4) is 0 Å². The number of pyridine rings is 1. The average molecular weight is 419 g/mol. The zero-order valence-electron chi connectivity index (χ0n) is 14.8. The van der Waals surface area contributed by atoms with E-state index in [0.717, 1.165) is 12.1 Å². The van der Waals surface area contributed by atoms with Crippen LogP contribution >= 0.6 is 12.2 Å². The lowest BCUT2D eigenvalue weighted by Crippen LogP contribution is -2.38. The average Bonchev–Trinajstić information content (AvgIpc) is 2.69. The van der Waals surface area contributed by atoms with Gasteiger partial charge in [-0.1, -0.05) is 24.4 Å². The van der Waals surface area contributed by atoms with Gasteiger partial charge in [0, 0.05) is 23.4 Å². The Labute approximate surface area is 169 Å². The molecule has 0 fully saturated rings. The molecule has 0 atom stereocenters. The van der Waals surface area contributed by atoms with E-state index in [1.807, 2.05) is 0 Å². The summed E-state index contributed by atoms with van der Waals surface area (Å²) in [5.74, 6) is -0.731. The maximum atomic E-state index is 13.2. The van der Waals surface area contributed by atoms with Crippen LogP contribution in [0.5, 0.6) is 0 Å². The molecular formula is C21H15F4N2OS+. The van der Waals surface area contributed by atoms with Crippen LogP contribution in [0.2, 0.25) is 0 Å². The summed E-state index contributed by atoms with van der Waals surface area (Å²) < 4.78 is 53.6. The third-order valence-electron chi connectivity index (χ3n) is 3.98. The van der Waals surface area contributed by atoms with Crippen molar-refractivity contribution in [1.82, 2.24) is 0 Å². The van der Waals surface area contributed by atoms with Gasteiger partial charge >= 0.3 is 6.18 Å². The Hall–Kier alpha value is -3.26. The number of alkyl halides is 3. The van der Waals surface area contributed by atoms with E-state index in [1.54, 1.807) is 30.6 Å². The quantitative estimate of drug-likeness (QED) is 0.194. The minimum absolute atomic E-state index is 0.0117. The molecule has 29 heavy (non-hydrogen) atoms. The fourth-order valence-corrected chi connectivity index (χ4v) is 2.92. The predicted molar refractivity (Wildman–Crippen MR) is 106 cm³/mol. The number of aliphatic hydroxyl groups excluding tert-OH is 1. The zero-order valence-corrected chi connectivity index (χ0v) is 15.6. The lowest BCUT2D eigenvalue weighted by atomic mass is 10.1. The van der Waals surface area contributed by atoms with Gasteiger partial charge in [-0.2, -0.15) is 17.7 Å². The number of hydrogen-bond donors (Lipinski definition) is 2. The topological polar surface area (TPSA) is 36.1 Å². The lowest BCUT2D eigenvalue weighted by Gasteiger charge is -2.12. The Bertz CT molecular complexity index is 1050. The van der Waals surface area contributed by atoms with Crippen LogP contribution in [0.25, 0.3) is 11.5 Å². The van der Waals surface area contributed by atoms with E-state index in [-0.39, 0.29) is 22.1 Å². The monoisotopic (exact) mass is 419 g/mol. The van der Waals surface area contributed by atoms with Gasteiger partial charge in [0.15, 0.2) is 23.1 Å². The minimum Gasteiger partial charge on any atom is -0.502 e. The minimum atomic E-state index is -4.50. The summed E-state index contributed by atoms with van der Waals surface area (Å²) in [6, 6.07) is 14.8. The molecule has 0 aliphatic rings. The third-order valence-corrected chi connectivity index (χ3v) is 4.27. The maximum absolute atomic E-state index is 13.2. The summed E-state index contributed by atoms with van der Waals surface area (Å²) >= 11 is 5.37. The molecule has 0 spiro atoms. The molecule has 1 aromatic heterocycles. The number of nitrogens with zero attached hydrogens (tertiary/aromatic N) is 1. The fourth-order valence-electron chi connectivity index (χ4n) is 2.60. The van der Waals surface area contributed by atoms with Crippen LogP contribution in [0.15, 0.2) is 79.1 Å². The van der Waals surface area contributed by atoms with Crippen LogP contribution < -0.4 is 9.88 Å². The van der Waals surface area contributed by atoms with Crippen LogP contribution in [0, 0.1) is 5.82 Å². The summed E-state index contributed by atoms with van der Waals surface area (Å²) in [5, 5.41) is 13.5. The summed E-state index contributed by atoms with van der Waals surface area (Å²) in [6.07, 6.45) is -1.26. The number of aliphatic hydroxyl groups is 1. The molecule has 0 radical (unpaired) electrons. The smallest absolute Gasteiger partial charge is 0.416 e. The number of nitrogens with one attached hydrogen (secondary N) is 1. The first kappa shape index (κ1) is 20.5. The van der Waals surface area contributed by atoms with Crippen molar-refractivity contribution < 1.29 is 27.2 Å². The Morgan fingerprint density at radius 1 is 0.931 bits per heavy atom. The molecule has 0 saturated heterocycles. The molecule has 0 bridgehead atoms. The highest BCUT2D eigenvalue weighted by molar-refractivity contribution is 7.81. The fraction of sp³-hybridized carbons (Fsp3) is 0.0476. The van der Waals surface area contributed by atoms with Crippen molar-refractivity contribution in [3.05, 3.63) is 96.1 Å². The van der Waals surface area contributed by atoms with Gasteiger partial charge in [0.25, 0.3) is 5.70 Å². The van der Waals surface area contributed by atoms with Crippen LogP contribution in [0.4, 0.5) is 23.2 Å². The van der Waals surface area contributed by atoms with Gasteiger partial charge < -0.3 is 10.4 Å². The second-order valence-electron chi connectivity index (χ2n) is 6.02. The highest BCUT2D eigenvalue weighted by Gasteiger charge is 2.31. The highest BCUT2D eigenvalue weighted by atomic mass is 32.1. The summed E-state index contributed by atoms with van der Waals surface area (Å²) in [7, 11) is 0. The molecule has 0 saturated carbocycles. The number of hydrogen-bond acceptors (Lipinski definition) is 2. The zero-order chi connectivity index (χ0) is 21.0. The van der Waals surface area contributed by atoms with Crippen molar-refractivity contribution in [3.8, 4) is 0 Å². The largest absolute Gasteiger partial charge is 0.502 e. The Morgan fingerprint density at radius 2 is 1.59 bits per heavy atom. The number of halogens is 4.